The maximum Gasteiger partial charge on any atom is 0.112 e. The lowest BCUT2D eigenvalue weighted by molar-refractivity contribution is 0.409. The molecule has 22 heavy (non-hydrogen) atoms. The highest BCUT2D eigenvalue weighted by molar-refractivity contribution is 5.29. The van der Waals surface area contributed by atoms with E-state index < -0.39 is 0 Å². The van der Waals surface area contributed by atoms with Gasteiger partial charge in [0.05, 0.1) is 5.69 Å². The van der Waals surface area contributed by atoms with Crippen molar-refractivity contribution in [1.29, 1.82) is 0 Å². The number of nitrogens with one attached hydrogen (secondary N) is 1. The summed E-state index contributed by atoms with van der Waals surface area (Å²) >= 11 is 0. The van der Waals surface area contributed by atoms with Crippen molar-refractivity contribution in [2.24, 2.45) is 5.92 Å². The summed E-state index contributed by atoms with van der Waals surface area (Å²) in [4.78, 5) is 8.91. The van der Waals surface area contributed by atoms with Crippen LogP contribution in [0.5, 0.6) is 0 Å². The standard InChI is InChI=1S/C20H38N2/c1-10-13-19(7,8)18-21-16(15(6)14(4)5)17(22-18)20(9,11-2)12-3/h14-15H,10-13H2,1-9H3,(H,21,22). The zero-order chi connectivity index (χ0) is 17.1. The molecule has 0 amide bonds. The van der Waals surface area contributed by atoms with Gasteiger partial charge in [-0.15, -0.1) is 0 Å². The molecule has 1 rings (SSSR count). The highest BCUT2D eigenvalue weighted by atomic mass is 15.0. The van der Waals surface area contributed by atoms with Gasteiger partial charge in [0, 0.05) is 22.4 Å². The van der Waals surface area contributed by atoms with E-state index in [-0.39, 0.29) is 10.8 Å². The molecule has 0 spiro atoms. The molecule has 0 saturated carbocycles. The van der Waals surface area contributed by atoms with E-state index in [4.69, 9.17) is 4.98 Å². The van der Waals surface area contributed by atoms with Gasteiger partial charge in [-0.3, -0.25) is 0 Å². The molecule has 2 heteroatoms. The maximum atomic E-state index is 5.16. The van der Waals surface area contributed by atoms with Crippen molar-refractivity contribution >= 4 is 0 Å². The molecule has 0 radical (unpaired) electrons. The van der Waals surface area contributed by atoms with Crippen molar-refractivity contribution in [3.63, 3.8) is 0 Å². The Morgan fingerprint density at radius 1 is 1.00 bits per heavy atom. The average molecular weight is 307 g/mol. The van der Waals surface area contributed by atoms with Crippen LogP contribution in [0.3, 0.4) is 0 Å². The summed E-state index contributed by atoms with van der Waals surface area (Å²) < 4.78 is 0. The van der Waals surface area contributed by atoms with Crippen LogP contribution in [-0.2, 0) is 10.8 Å². The molecule has 1 atom stereocenters. The van der Waals surface area contributed by atoms with Crippen molar-refractivity contribution < 1.29 is 0 Å². The van der Waals surface area contributed by atoms with Crippen LogP contribution in [0.4, 0.5) is 0 Å². The molecule has 1 unspecified atom stereocenters. The zero-order valence-corrected chi connectivity index (χ0v) is 16.4. The Hall–Kier alpha value is -0.790. The second kappa shape index (κ2) is 7.19. The number of rotatable bonds is 8. The van der Waals surface area contributed by atoms with Gasteiger partial charge in [-0.1, -0.05) is 68.7 Å². The summed E-state index contributed by atoms with van der Waals surface area (Å²) in [6, 6.07) is 0. The fraction of sp³-hybridized carbons (Fsp3) is 0.850. The largest absolute Gasteiger partial charge is 0.345 e. The second-order valence-corrected chi connectivity index (χ2v) is 8.28. The summed E-state index contributed by atoms with van der Waals surface area (Å²) in [5, 5.41) is 0. The minimum Gasteiger partial charge on any atom is -0.345 e. The lowest BCUT2D eigenvalue weighted by Crippen LogP contribution is -2.24. The van der Waals surface area contributed by atoms with Crippen LogP contribution in [0.15, 0.2) is 0 Å². The molecule has 1 N–H and O–H groups in total. The van der Waals surface area contributed by atoms with E-state index in [2.05, 4.69) is 67.3 Å². The van der Waals surface area contributed by atoms with Gasteiger partial charge in [-0.25, -0.2) is 4.98 Å². The molecule has 0 aliphatic carbocycles. The van der Waals surface area contributed by atoms with Gasteiger partial charge < -0.3 is 4.98 Å². The number of hydrogen-bond acceptors (Lipinski definition) is 1. The van der Waals surface area contributed by atoms with Gasteiger partial charge in [0.1, 0.15) is 5.82 Å². The SMILES string of the molecule is CCCC(C)(C)c1nc(C(C)(CC)CC)c(C(C)C(C)C)[nH]1. The Balaban J connectivity index is 3.44. The third-order valence-electron chi connectivity index (χ3n) is 5.84. The molecule has 1 aromatic heterocycles. The van der Waals surface area contributed by atoms with E-state index >= 15 is 0 Å². The third kappa shape index (κ3) is 3.75. The van der Waals surface area contributed by atoms with E-state index in [0.717, 1.165) is 12.8 Å². The van der Waals surface area contributed by atoms with Gasteiger partial charge in [0.25, 0.3) is 0 Å². The number of aromatic nitrogens is 2. The molecule has 2 nitrogen and oxygen atoms in total. The van der Waals surface area contributed by atoms with E-state index in [1.807, 2.05) is 0 Å². The van der Waals surface area contributed by atoms with Crippen LogP contribution in [0.2, 0.25) is 0 Å². The van der Waals surface area contributed by atoms with Gasteiger partial charge in [0.2, 0.25) is 0 Å². The summed E-state index contributed by atoms with van der Waals surface area (Å²) in [6.07, 6.45) is 4.64. The highest BCUT2D eigenvalue weighted by Gasteiger charge is 2.34. The van der Waals surface area contributed by atoms with Crippen LogP contribution in [0.25, 0.3) is 0 Å². The number of nitrogens with zero attached hydrogens (tertiary/aromatic N) is 1. The van der Waals surface area contributed by atoms with E-state index in [1.165, 1.54) is 30.1 Å². The van der Waals surface area contributed by atoms with Crippen LogP contribution in [-0.4, -0.2) is 9.97 Å². The molecule has 0 bridgehead atoms. The van der Waals surface area contributed by atoms with Crippen LogP contribution < -0.4 is 0 Å². The summed E-state index contributed by atoms with van der Waals surface area (Å²) in [6.45, 7) is 20.8. The molecule has 0 aromatic carbocycles. The minimum absolute atomic E-state index is 0.126. The Morgan fingerprint density at radius 3 is 1.95 bits per heavy atom. The molecule has 128 valence electrons. The quantitative estimate of drug-likeness (QED) is 0.597. The van der Waals surface area contributed by atoms with Crippen molar-refractivity contribution in [3.05, 3.63) is 17.2 Å². The van der Waals surface area contributed by atoms with E-state index in [0.29, 0.717) is 11.8 Å². The molecule has 0 saturated heterocycles. The van der Waals surface area contributed by atoms with Gasteiger partial charge in [0.15, 0.2) is 0 Å². The van der Waals surface area contributed by atoms with Gasteiger partial charge in [-0.05, 0) is 25.2 Å². The first-order valence-corrected chi connectivity index (χ1v) is 9.23. The predicted octanol–water partition coefficient (Wildman–Crippen LogP) is 6.32. The number of aromatic amines is 1. The maximum absolute atomic E-state index is 5.16. The first-order chi connectivity index (χ1) is 10.1. The number of hydrogen-bond donors (Lipinski definition) is 1. The lowest BCUT2D eigenvalue weighted by atomic mass is 9.77. The zero-order valence-electron chi connectivity index (χ0n) is 16.4. The molecule has 0 aliphatic heterocycles. The lowest BCUT2D eigenvalue weighted by Gasteiger charge is -2.28. The van der Waals surface area contributed by atoms with E-state index in [1.54, 1.807) is 0 Å². The minimum atomic E-state index is 0.126. The second-order valence-electron chi connectivity index (χ2n) is 8.28. The number of imidazole rings is 1. The number of H-pyrrole nitrogens is 1. The Morgan fingerprint density at radius 2 is 1.55 bits per heavy atom. The monoisotopic (exact) mass is 306 g/mol. The Kier molecular flexibility index (Phi) is 6.29. The molecule has 1 aromatic rings. The van der Waals surface area contributed by atoms with Crippen molar-refractivity contribution in [2.45, 2.75) is 105 Å². The highest BCUT2D eigenvalue weighted by Crippen LogP contribution is 2.39. The Labute approximate surface area is 138 Å². The topological polar surface area (TPSA) is 28.7 Å². The molecular weight excluding hydrogens is 268 g/mol. The van der Waals surface area contributed by atoms with Crippen LogP contribution >= 0.6 is 0 Å². The molecule has 0 aliphatic rings. The smallest absolute Gasteiger partial charge is 0.112 e. The molecule has 1 heterocycles. The van der Waals surface area contributed by atoms with E-state index in [9.17, 15) is 0 Å². The normalized spacial score (nSPS) is 14.6. The Bertz CT molecular complexity index is 464. The van der Waals surface area contributed by atoms with Crippen molar-refractivity contribution in [3.8, 4) is 0 Å². The average Bonchev–Trinajstić information content (AvgIpc) is 2.92. The van der Waals surface area contributed by atoms with Gasteiger partial charge in [-0.2, -0.15) is 0 Å². The first-order valence-electron chi connectivity index (χ1n) is 9.23. The summed E-state index contributed by atoms with van der Waals surface area (Å²) in [5.41, 5.74) is 2.99. The summed E-state index contributed by atoms with van der Waals surface area (Å²) in [5.74, 6) is 2.32. The fourth-order valence-electron chi connectivity index (χ4n) is 3.16. The molecule has 0 fully saturated rings. The van der Waals surface area contributed by atoms with Crippen molar-refractivity contribution in [2.75, 3.05) is 0 Å². The predicted molar refractivity (Wildman–Crippen MR) is 97.7 cm³/mol. The van der Waals surface area contributed by atoms with Crippen LogP contribution in [0, 0.1) is 5.92 Å². The fourth-order valence-corrected chi connectivity index (χ4v) is 3.16. The summed E-state index contributed by atoms with van der Waals surface area (Å²) in [7, 11) is 0. The van der Waals surface area contributed by atoms with Crippen LogP contribution in [0.1, 0.15) is 111 Å². The third-order valence-corrected chi connectivity index (χ3v) is 5.84. The van der Waals surface area contributed by atoms with Gasteiger partial charge >= 0.3 is 0 Å². The first kappa shape index (κ1) is 19.3. The van der Waals surface area contributed by atoms with Crippen molar-refractivity contribution in [1.82, 2.24) is 9.97 Å². The molecular formula is C20H38N2.